The molecule has 1 amide bonds. The number of amides is 1. The molecule has 1 aliphatic rings. The maximum atomic E-state index is 13.6. The van der Waals surface area contributed by atoms with Gasteiger partial charge in [-0.05, 0) is 38.1 Å². The minimum Gasteiger partial charge on any atom is -0.488 e. The maximum Gasteiger partial charge on any atom is 0.254 e. The Morgan fingerprint density at radius 1 is 1.36 bits per heavy atom. The third-order valence-electron chi connectivity index (χ3n) is 3.87. The van der Waals surface area contributed by atoms with Gasteiger partial charge in [-0.15, -0.1) is 0 Å². The highest BCUT2D eigenvalue weighted by molar-refractivity contribution is 6.31. The van der Waals surface area contributed by atoms with Crippen molar-refractivity contribution in [1.29, 1.82) is 0 Å². The van der Waals surface area contributed by atoms with Gasteiger partial charge >= 0.3 is 0 Å². The van der Waals surface area contributed by atoms with E-state index in [9.17, 15) is 9.18 Å². The topological polar surface area (TPSA) is 47.6 Å². The number of hydrogen-bond acceptors (Lipinski definition) is 3. The molecular weight excluding hydrogens is 345 g/mol. The monoisotopic (exact) mass is 363 g/mol. The van der Waals surface area contributed by atoms with Crippen LogP contribution in [0.3, 0.4) is 0 Å². The van der Waals surface area contributed by atoms with Crippen LogP contribution in [0.4, 0.5) is 4.39 Å². The molecule has 0 saturated carbocycles. The fraction of sp³-hybridized carbons (Fsp3) is 0.316. The molecule has 0 atom stereocenters. The number of halogens is 2. The van der Waals surface area contributed by atoms with Gasteiger partial charge in [0.1, 0.15) is 18.0 Å². The summed E-state index contributed by atoms with van der Waals surface area (Å²) in [6.45, 7) is 4.53. The van der Waals surface area contributed by atoms with Crippen molar-refractivity contribution in [3.05, 3.63) is 58.4 Å². The van der Waals surface area contributed by atoms with Crippen LogP contribution < -0.4 is 14.8 Å². The SMILES string of the molecule is CC1(C)Cc2cccc(OCCNC(=O)c3cc(Cl)ccc3F)c2O1. The van der Waals surface area contributed by atoms with Crippen LogP contribution in [-0.2, 0) is 6.42 Å². The van der Waals surface area contributed by atoms with Crippen molar-refractivity contribution in [3.8, 4) is 11.5 Å². The Kier molecular flexibility index (Phi) is 4.86. The predicted molar refractivity (Wildman–Crippen MR) is 94.1 cm³/mol. The van der Waals surface area contributed by atoms with E-state index in [1.165, 1.54) is 18.2 Å². The minimum absolute atomic E-state index is 0.0850. The molecule has 6 heteroatoms. The number of hydrogen-bond donors (Lipinski definition) is 1. The summed E-state index contributed by atoms with van der Waals surface area (Å²) in [5.41, 5.74) is 0.769. The van der Waals surface area contributed by atoms with Crippen LogP contribution in [0.2, 0.25) is 5.02 Å². The summed E-state index contributed by atoms with van der Waals surface area (Å²) in [4.78, 5) is 12.0. The Morgan fingerprint density at radius 3 is 2.96 bits per heavy atom. The summed E-state index contributed by atoms with van der Waals surface area (Å²) < 4.78 is 25.3. The molecule has 1 heterocycles. The molecule has 0 saturated heterocycles. The molecule has 0 aromatic heterocycles. The number of fused-ring (bicyclic) bond motifs is 1. The lowest BCUT2D eigenvalue weighted by Crippen LogP contribution is -2.29. The van der Waals surface area contributed by atoms with Crippen molar-refractivity contribution >= 4 is 17.5 Å². The van der Waals surface area contributed by atoms with Gasteiger partial charge in [-0.25, -0.2) is 4.39 Å². The Morgan fingerprint density at radius 2 is 2.16 bits per heavy atom. The smallest absolute Gasteiger partial charge is 0.254 e. The van der Waals surface area contributed by atoms with Crippen LogP contribution >= 0.6 is 11.6 Å². The fourth-order valence-electron chi connectivity index (χ4n) is 2.79. The Bertz CT molecular complexity index is 807. The lowest BCUT2D eigenvalue weighted by molar-refractivity contribution is 0.0942. The van der Waals surface area contributed by atoms with Gasteiger partial charge in [0.2, 0.25) is 0 Å². The summed E-state index contributed by atoms with van der Waals surface area (Å²) in [6, 6.07) is 9.62. The van der Waals surface area contributed by atoms with Crippen molar-refractivity contribution in [2.45, 2.75) is 25.9 Å². The Balaban J connectivity index is 1.56. The van der Waals surface area contributed by atoms with E-state index in [0.29, 0.717) is 10.8 Å². The number of rotatable bonds is 5. The molecule has 132 valence electrons. The highest BCUT2D eigenvalue weighted by atomic mass is 35.5. The molecule has 2 aromatic carbocycles. The predicted octanol–water partition coefficient (Wildman–Crippen LogP) is 4.00. The van der Waals surface area contributed by atoms with E-state index in [0.717, 1.165) is 17.7 Å². The number of carbonyl (C=O) groups excluding carboxylic acids is 1. The standard InChI is InChI=1S/C19H19ClFNO3/c1-19(2)11-12-4-3-5-16(17(12)25-19)24-9-8-22-18(23)14-10-13(20)6-7-15(14)21/h3-7,10H,8-9,11H2,1-2H3,(H,22,23). The summed E-state index contributed by atoms with van der Waals surface area (Å²) in [7, 11) is 0. The zero-order chi connectivity index (χ0) is 18.0. The van der Waals surface area contributed by atoms with Gasteiger partial charge in [0, 0.05) is 17.0 Å². The summed E-state index contributed by atoms with van der Waals surface area (Å²) in [5.74, 6) is 0.254. The number of ether oxygens (including phenoxy) is 2. The highest BCUT2D eigenvalue weighted by Crippen LogP contribution is 2.41. The first-order valence-corrected chi connectivity index (χ1v) is 8.40. The summed E-state index contributed by atoms with van der Waals surface area (Å²) in [5, 5.41) is 2.93. The normalized spacial score (nSPS) is 14.6. The largest absolute Gasteiger partial charge is 0.488 e. The third kappa shape index (κ3) is 4.04. The molecule has 0 spiro atoms. The van der Waals surface area contributed by atoms with Crippen LogP contribution in [0, 0.1) is 5.82 Å². The minimum atomic E-state index is -0.612. The van der Waals surface area contributed by atoms with Crippen LogP contribution in [0.5, 0.6) is 11.5 Å². The second-order valence-electron chi connectivity index (χ2n) is 6.51. The van der Waals surface area contributed by atoms with Crippen LogP contribution in [0.15, 0.2) is 36.4 Å². The Labute approximate surface area is 150 Å². The second-order valence-corrected chi connectivity index (χ2v) is 6.95. The number of nitrogens with one attached hydrogen (secondary N) is 1. The Hall–Kier alpha value is -2.27. The zero-order valence-corrected chi connectivity index (χ0v) is 14.8. The van der Waals surface area contributed by atoms with Gasteiger partial charge in [-0.2, -0.15) is 0 Å². The number of para-hydroxylation sites is 1. The van der Waals surface area contributed by atoms with E-state index in [1.54, 1.807) is 0 Å². The van der Waals surface area contributed by atoms with Gasteiger partial charge < -0.3 is 14.8 Å². The second kappa shape index (κ2) is 6.92. The van der Waals surface area contributed by atoms with Gasteiger partial charge in [-0.3, -0.25) is 4.79 Å². The van der Waals surface area contributed by atoms with E-state index in [4.69, 9.17) is 21.1 Å². The molecule has 0 aliphatic carbocycles. The molecule has 1 N–H and O–H groups in total. The molecule has 4 nitrogen and oxygen atoms in total. The molecule has 0 bridgehead atoms. The van der Waals surface area contributed by atoms with E-state index >= 15 is 0 Å². The molecule has 0 unspecified atom stereocenters. The summed E-state index contributed by atoms with van der Waals surface area (Å²) >= 11 is 5.79. The molecule has 3 rings (SSSR count). The van der Waals surface area contributed by atoms with E-state index in [1.807, 2.05) is 32.0 Å². The lowest BCUT2D eigenvalue weighted by Gasteiger charge is -2.18. The van der Waals surface area contributed by atoms with Gasteiger partial charge in [0.15, 0.2) is 11.5 Å². The molecule has 0 fully saturated rings. The third-order valence-corrected chi connectivity index (χ3v) is 4.11. The molecule has 0 radical (unpaired) electrons. The van der Waals surface area contributed by atoms with E-state index < -0.39 is 11.7 Å². The van der Waals surface area contributed by atoms with E-state index in [-0.39, 0.29) is 24.3 Å². The van der Waals surface area contributed by atoms with Crippen LogP contribution in [0.25, 0.3) is 0 Å². The van der Waals surface area contributed by atoms with Crippen molar-refractivity contribution in [2.24, 2.45) is 0 Å². The lowest BCUT2D eigenvalue weighted by atomic mass is 10.0. The van der Waals surface area contributed by atoms with Crippen molar-refractivity contribution in [2.75, 3.05) is 13.2 Å². The highest BCUT2D eigenvalue weighted by Gasteiger charge is 2.32. The van der Waals surface area contributed by atoms with Crippen molar-refractivity contribution < 1.29 is 18.7 Å². The molecule has 2 aromatic rings. The van der Waals surface area contributed by atoms with Gasteiger partial charge in [0.05, 0.1) is 12.1 Å². The zero-order valence-electron chi connectivity index (χ0n) is 14.1. The molecule has 1 aliphatic heterocycles. The fourth-order valence-corrected chi connectivity index (χ4v) is 2.97. The number of carbonyl (C=O) groups is 1. The van der Waals surface area contributed by atoms with E-state index in [2.05, 4.69) is 5.32 Å². The van der Waals surface area contributed by atoms with Crippen LogP contribution in [-0.4, -0.2) is 24.7 Å². The molecule has 25 heavy (non-hydrogen) atoms. The first-order chi connectivity index (χ1) is 11.9. The van der Waals surface area contributed by atoms with Crippen LogP contribution in [0.1, 0.15) is 29.8 Å². The molecular formula is C19H19ClFNO3. The maximum absolute atomic E-state index is 13.6. The number of benzene rings is 2. The van der Waals surface area contributed by atoms with Crippen molar-refractivity contribution in [1.82, 2.24) is 5.32 Å². The van der Waals surface area contributed by atoms with Crippen molar-refractivity contribution in [3.63, 3.8) is 0 Å². The first kappa shape index (κ1) is 17.5. The first-order valence-electron chi connectivity index (χ1n) is 8.03. The quantitative estimate of drug-likeness (QED) is 0.817. The summed E-state index contributed by atoms with van der Waals surface area (Å²) in [6.07, 6.45) is 0.824. The van der Waals surface area contributed by atoms with Gasteiger partial charge in [-0.1, -0.05) is 23.7 Å². The average Bonchev–Trinajstić information content (AvgIpc) is 2.88. The van der Waals surface area contributed by atoms with Gasteiger partial charge in [0.25, 0.3) is 5.91 Å². The average molecular weight is 364 g/mol.